The van der Waals surface area contributed by atoms with Gasteiger partial charge in [-0.3, -0.25) is 4.72 Å². The maximum atomic E-state index is 12.9. The molecule has 1 aliphatic heterocycles. The van der Waals surface area contributed by atoms with Crippen molar-refractivity contribution in [1.29, 1.82) is 0 Å². The summed E-state index contributed by atoms with van der Waals surface area (Å²) in [5.41, 5.74) is 6.93. The van der Waals surface area contributed by atoms with Gasteiger partial charge in [0.25, 0.3) is 10.0 Å². The van der Waals surface area contributed by atoms with Gasteiger partial charge in [0.15, 0.2) is 0 Å². The van der Waals surface area contributed by atoms with Crippen molar-refractivity contribution in [3.8, 4) is 11.5 Å². The van der Waals surface area contributed by atoms with Gasteiger partial charge in [0, 0.05) is 24.8 Å². The Bertz CT molecular complexity index is 924. The molecule has 0 radical (unpaired) electrons. The normalized spacial score (nSPS) is 15.0. The number of anilines is 3. The first-order valence-corrected chi connectivity index (χ1v) is 9.54. The molecule has 0 saturated carbocycles. The van der Waals surface area contributed by atoms with Crippen LogP contribution in [-0.4, -0.2) is 44.9 Å². The van der Waals surface area contributed by atoms with Gasteiger partial charge in [0.2, 0.25) is 0 Å². The summed E-state index contributed by atoms with van der Waals surface area (Å²) in [4.78, 5) is 1.91. The largest absolute Gasteiger partial charge is 0.508 e. The fourth-order valence-electron chi connectivity index (χ4n) is 2.77. The number of nitrogens with one attached hydrogen (secondary N) is 1. The standard InChI is InChI=1S/C17H21N3O5S/c1-11-8-16(22)13(10-15(11)21)19-26(23,24)17-9-12(18)2-3-14(17)20-4-6-25-7-5-20/h2-3,8-10,19,21-22H,4-7,18H2,1H3. The third kappa shape index (κ3) is 3.63. The number of nitrogen functional groups attached to an aromatic ring is 1. The molecule has 8 nitrogen and oxygen atoms in total. The van der Waals surface area contributed by atoms with E-state index in [-0.39, 0.29) is 22.1 Å². The van der Waals surface area contributed by atoms with E-state index in [9.17, 15) is 18.6 Å². The van der Waals surface area contributed by atoms with Gasteiger partial charge in [-0.15, -0.1) is 0 Å². The van der Waals surface area contributed by atoms with Gasteiger partial charge in [0.05, 0.1) is 24.6 Å². The molecule has 2 aromatic rings. The Labute approximate surface area is 151 Å². The number of morpholine rings is 1. The number of phenolic OH excluding ortho intramolecular Hbond substituents is 2. The van der Waals surface area contributed by atoms with Crippen LogP contribution in [-0.2, 0) is 14.8 Å². The molecule has 0 unspecified atom stereocenters. The summed E-state index contributed by atoms with van der Waals surface area (Å²) in [6, 6.07) is 7.12. The van der Waals surface area contributed by atoms with Crippen LogP contribution in [0.15, 0.2) is 35.2 Å². The Kier molecular flexibility index (Phi) is 4.84. The van der Waals surface area contributed by atoms with Crippen LogP contribution in [0.2, 0.25) is 0 Å². The molecule has 0 amide bonds. The van der Waals surface area contributed by atoms with Crippen LogP contribution in [0.4, 0.5) is 17.1 Å². The van der Waals surface area contributed by atoms with Gasteiger partial charge in [-0.25, -0.2) is 8.42 Å². The van der Waals surface area contributed by atoms with Crippen LogP contribution in [0.1, 0.15) is 5.56 Å². The average Bonchev–Trinajstić information content (AvgIpc) is 2.60. The summed E-state index contributed by atoms with van der Waals surface area (Å²) in [5, 5.41) is 19.8. The van der Waals surface area contributed by atoms with E-state index in [0.717, 1.165) is 0 Å². The van der Waals surface area contributed by atoms with Crippen LogP contribution < -0.4 is 15.4 Å². The molecule has 0 aliphatic carbocycles. The van der Waals surface area contributed by atoms with Crippen molar-refractivity contribution in [3.63, 3.8) is 0 Å². The smallest absolute Gasteiger partial charge is 0.264 e. The second kappa shape index (κ2) is 6.93. The maximum Gasteiger partial charge on any atom is 0.264 e. The van der Waals surface area contributed by atoms with E-state index in [4.69, 9.17) is 10.5 Å². The number of phenols is 2. The van der Waals surface area contributed by atoms with Gasteiger partial charge in [-0.2, -0.15) is 0 Å². The predicted octanol–water partition coefficient (Wildman–Crippen LogP) is 1.63. The second-order valence-corrected chi connectivity index (χ2v) is 7.74. The van der Waals surface area contributed by atoms with Crippen molar-refractivity contribution >= 4 is 27.1 Å². The number of hydrogen-bond donors (Lipinski definition) is 4. The molecule has 26 heavy (non-hydrogen) atoms. The number of rotatable bonds is 4. The molecule has 0 atom stereocenters. The Morgan fingerprint density at radius 3 is 2.50 bits per heavy atom. The Morgan fingerprint density at radius 1 is 1.12 bits per heavy atom. The zero-order chi connectivity index (χ0) is 18.9. The van der Waals surface area contributed by atoms with Crippen molar-refractivity contribution in [2.75, 3.05) is 41.7 Å². The van der Waals surface area contributed by atoms with E-state index in [1.807, 2.05) is 4.90 Å². The number of aromatic hydroxyl groups is 2. The number of nitrogens with two attached hydrogens (primary N) is 1. The molecule has 1 saturated heterocycles. The highest BCUT2D eigenvalue weighted by molar-refractivity contribution is 7.93. The van der Waals surface area contributed by atoms with Gasteiger partial charge in [-0.05, 0) is 36.8 Å². The highest BCUT2D eigenvalue weighted by Gasteiger charge is 2.25. The van der Waals surface area contributed by atoms with E-state index in [1.165, 1.54) is 18.2 Å². The van der Waals surface area contributed by atoms with E-state index in [2.05, 4.69) is 4.72 Å². The maximum absolute atomic E-state index is 12.9. The highest BCUT2D eigenvalue weighted by Crippen LogP contribution is 2.35. The lowest BCUT2D eigenvalue weighted by atomic mass is 10.2. The van der Waals surface area contributed by atoms with Crippen molar-refractivity contribution in [3.05, 3.63) is 35.9 Å². The summed E-state index contributed by atoms with van der Waals surface area (Å²) in [6.45, 7) is 3.72. The van der Waals surface area contributed by atoms with Crippen molar-refractivity contribution in [2.24, 2.45) is 0 Å². The van der Waals surface area contributed by atoms with Crippen molar-refractivity contribution in [2.45, 2.75) is 11.8 Å². The molecule has 2 aromatic carbocycles. The molecule has 1 aliphatic rings. The van der Waals surface area contributed by atoms with Crippen molar-refractivity contribution in [1.82, 2.24) is 0 Å². The molecule has 9 heteroatoms. The first-order chi connectivity index (χ1) is 12.3. The molecular formula is C17H21N3O5S. The number of ether oxygens (including phenoxy) is 1. The fourth-order valence-corrected chi connectivity index (χ4v) is 4.10. The summed E-state index contributed by atoms with van der Waals surface area (Å²) < 4.78 is 33.5. The van der Waals surface area contributed by atoms with Crippen LogP contribution in [0.25, 0.3) is 0 Å². The van der Waals surface area contributed by atoms with E-state index < -0.39 is 10.0 Å². The lowest BCUT2D eigenvalue weighted by molar-refractivity contribution is 0.122. The topological polar surface area (TPSA) is 125 Å². The molecule has 1 heterocycles. The number of aryl methyl sites for hydroxylation is 1. The molecule has 0 spiro atoms. The number of hydrogen-bond acceptors (Lipinski definition) is 7. The fraction of sp³-hybridized carbons (Fsp3) is 0.294. The molecule has 5 N–H and O–H groups in total. The SMILES string of the molecule is Cc1cc(O)c(NS(=O)(=O)c2cc(N)ccc2N2CCOCC2)cc1O. The first kappa shape index (κ1) is 18.2. The lowest BCUT2D eigenvalue weighted by Gasteiger charge is -2.30. The summed E-state index contributed by atoms with van der Waals surface area (Å²) in [5.74, 6) is -0.401. The van der Waals surface area contributed by atoms with E-state index in [1.54, 1.807) is 19.1 Å². The zero-order valence-electron chi connectivity index (χ0n) is 14.3. The first-order valence-electron chi connectivity index (χ1n) is 8.05. The monoisotopic (exact) mass is 379 g/mol. The zero-order valence-corrected chi connectivity index (χ0v) is 15.1. The van der Waals surface area contributed by atoms with Crippen LogP contribution in [0, 0.1) is 6.92 Å². The van der Waals surface area contributed by atoms with Gasteiger partial charge in [-0.1, -0.05) is 0 Å². The van der Waals surface area contributed by atoms with Gasteiger partial charge in [0.1, 0.15) is 16.4 Å². The lowest BCUT2D eigenvalue weighted by Crippen LogP contribution is -2.37. The molecule has 3 rings (SSSR count). The van der Waals surface area contributed by atoms with Crippen molar-refractivity contribution < 1.29 is 23.4 Å². The quantitative estimate of drug-likeness (QED) is 0.361. The Hall–Kier alpha value is -2.65. The molecule has 140 valence electrons. The average molecular weight is 379 g/mol. The van der Waals surface area contributed by atoms with Crippen LogP contribution >= 0.6 is 0 Å². The second-order valence-electron chi connectivity index (χ2n) is 6.09. The third-order valence-corrected chi connectivity index (χ3v) is 5.58. The minimum atomic E-state index is -4.05. The molecule has 0 aromatic heterocycles. The third-order valence-electron chi connectivity index (χ3n) is 4.18. The molecule has 1 fully saturated rings. The van der Waals surface area contributed by atoms with Crippen LogP contribution in [0.3, 0.4) is 0 Å². The minimum absolute atomic E-state index is 0.00105. The summed E-state index contributed by atoms with van der Waals surface area (Å²) in [6.07, 6.45) is 0. The highest BCUT2D eigenvalue weighted by atomic mass is 32.2. The van der Waals surface area contributed by atoms with Gasteiger partial charge < -0.3 is 25.6 Å². The van der Waals surface area contributed by atoms with E-state index >= 15 is 0 Å². The summed E-state index contributed by atoms with van der Waals surface area (Å²) >= 11 is 0. The molecule has 0 bridgehead atoms. The number of benzene rings is 2. The number of sulfonamides is 1. The van der Waals surface area contributed by atoms with E-state index in [0.29, 0.717) is 43.2 Å². The molecular weight excluding hydrogens is 358 g/mol. The minimum Gasteiger partial charge on any atom is -0.508 e. The number of nitrogens with zero attached hydrogens (tertiary/aromatic N) is 1. The Morgan fingerprint density at radius 2 is 1.81 bits per heavy atom. The predicted molar refractivity (Wildman–Crippen MR) is 99.2 cm³/mol. The van der Waals surface area contributed by atoms with Gasteiger partial charge >= 0.3 is 0 Å². The van der Waals surface area contributed by atoms with Crippen LogP contribution in [0.5, 0.6) is 11.5 Å². The Balaban J connectivity index is 2.01. The summed E-state index contributed by atoms with van der Waals surface area (Å²) in [7, 11) is -4.05.